The van der Waals surface area contributed by atoms with Gasteiger partial charge >= 0.3 is 0 Å². The summed E-state index contributed by atoms with van der Waals surface area (Å²) in [6, 6.07) is 14.3. The molecule has 19 heavy (non-hydrogen) atoms. The molecule has 6 heteroatoms. The molecule has 0 aliphatic heterocycles. The highest BCUT2D eigenvalue weighted by Gasteiger charge is 2.06. The first kappa shape index (κ1) is 14.0. The van der Waals surface area contributed by atoms with Gasteiger partial charge in [0.25, 0.3) is 0 Å². The van der Waals surface area contributed by atoms with Crippen molar-refractivity contribution in [1.82, 2.24) is 0 Å². The maximum absolute atomic E-state index is 11.1. The van der Waals surface area contributed by atoms with Crippen LogP contribution >= 0.6 is 15.9 Å². The molecule has 4 nitrogen and oxygen atoms in total. The number of anilines is 1. The first-order valence-electron chi connectivity index (χ1n) is 5.56. The Hall–Kier alpha value is -1.37. The average molecular weight is 341 g/mol. The summed E-state index contributed by atoms with van der Waals surface area (Å²) in [6.45, 7) is 0.669. The molecule has 0 atom stereocenters. The van der Waals surface area contributed by atoms with Crippen LogP contribution in [0.3, 0.4) is 0 Å². The fraction of sp³-hybridized carbons (Fsp3) is 0.0769. The Morgan fingerprint density at radius 1 is 1.00 bits per heavy atom. The molecule has 0 amide bonds. The number of primary sulfonamides is 1. The predicted molar refractivity (Wildman–Crippen MR) is 79.3 cm³/mol. The van der Waals surface area contributed by atoms with Gasteiger partial charge in [-0.25, -0.2) is 13.6 Å². The molecule has 0 unspecified atom stereocenters. The van der Waals surface area contributed by atoms with Crippen molar-refractivity contribution in [3.8, 4) is 0 Å². The van der Waals surface area contributed by atoms with Gasteiger partial charge in [0.15, 0.2) is 0 Å². The molecule has 2 aromatic carbocycles. The average Bonchev–Trinajstić information content (AvgIpc) is 2.37. The van der Waals surface area contributed by atoms with E-state index in [0.717, 1.165) is 15.7 Å². The second kappa shape index (κ2) is 5.73. The van der Waals surface area contributed by atoms with E-state index in [4.69, 9.17) is 5.14 Å². The first-order chi connectivity index (χ1) is 8.95. The molecule has 0 bridgehead atoms. The van der Waals surface area contributed by atoms with E-state index >= 15 is 0 Å². The van der Waals surface area contributed by atoms with Crippen LogP contribution in [0.25, 0.3) is 0 Å². The van der Waals surface area contributed by atoms with E-state index in [2.05, 4.69) is 21.2 Å². The van der Waals surface area contributed by atoms with Crippen molar-refractivity contribution in [3.63, 3.8) is 0 Å². The highest BCUT2D eigenvalue weighted by molar-refractivity contribution is 9.10. The number of nitrogens with one attached hydrogen (secondary N) is 1. The molecule has 0 aliphatic carbocycles. The van der Waals surface area contributed by atoms with Crippen molar-refractivity contribution < 1.29 is 8.42 Å². The van der Waals surface area contributed by atoms with Gasteiger partial charge in [0, 0.05) is 16.7 Å². The standard InChI is InChI=1S/C13H13BrN2O2S/c14-11-3-1-10(2-4-11)9-16-12-5-7-13(8-6-12)19(15,17)18/h1-8,16H,9H2,(H2,15,17,18). The largest absolute Gasteiger partial charge is 0.381 e. The van der Waals surface area contributed by atoms with Crippen LogP contribution in [-0.2, 0) is 16.6 Å². The van der Waals surface area contributed by atoms with Crippen LogP contribution in [0.15, 0.2) is 57.9 Å². The summed E-state index contributed by atoms with van der Waals surface area (Å²) in [4.78, 5) is 0.113. The molecule has 0 heterocycles. The third-order valence-electron chi connectivity index (χ3n) is 2.59. The monoisotopic (exact) mass is 340 g/mol. The lowest BCUT2D eigenvalue weighted by Crippen LogP contribution is -2.12. The van der Waals surface area contributed by atoms with Crippen LogP contribution in [0.4, 0.5) is 5.69 Å². The quantitative estimate of drug-likeness (QED) is 0.898. The minimum atomic E-state index is -3.62. The summed E-state index contributed by atoms with van der Waals surface area (Å²) in [5.41, 5.74) is 1.98. The van der Waals surface area contributed by atoms with E-state index < -0.39 is 10.0 Å². The van der Waals surface area contributed by atoms with E-state index in [1.54, 1.807) is 12.1 Å². The van der Waals surface area contributed by atoms with Gasteiger partial charge in [-0.05, 0) is 42.0 Å². The van der Waals surface area contributed by atoms with Crippen LogP contribution in [0.1, 0.15) is 5.56 Å². The second-order valence-corrected chi connectivity index (χ2v) is 6.53. The summed E-state index contributed by atoms with van der Waals surface area (Å²) in [6.07, 6.45) is 0. The van der Waals surface area contributed by atoms with Crippen molar-refractivity contribution >= 4 is 31.6 Å². The SMILES string of the molecule is NS(=O)(=O)c1ccc(NCc2ccc(Br)cc2)cc1. The maximum atomic E-state index is 11.1. The first-order valence-corrected chi connectivity index (χ1v) is 7.90. The summed E-state index contributed by atoms with van der Waals surface area (Å²) < 4.78 is 23.3. The van der Waals surface area contributed by atoms with E-state index in [9.17, 15) is 8.42 Å². The van der Waals surface area contributed by atoms with E-state index in [1.165, 1.54) is 12.1 Å². The van der Waals surface area contributed by atoms with Crippen molar-refractivity contribution in [2.75, 3.05) is 5.32 Å². The Bertz CT molecular complexity index is 652. The molecular weight excluding hydrogens is 328 g/mol. The maximum Gasteiger partial charge on any atom is 0.238 e. The Morgan fingerprint density at radius 2 is 1.58 bits per heavy atom. The fourth-order valence-corrected chi connectivity index (χ4v) is 2.35. The molecule has 0 aromatic heterocycles. The minimum absolute atomic E-state index is 0.113. The van der Waals surface area contributed by atoms with Gasteiger partial charge < -0.3 is 5.32 Å². The molecule has 2 aromatic rings. The lowest BCUT2D eigenvalue weighted by atomic mass is 10.2. The number of benzene rings is 2. The molecule has 100 valence electrons. The number of halogens is 1. The molecule has 0 saturated heterocycles. The van der Waals surface area contributed by atoms with E-state index in [0.29, 0.717) is 6.54 Å². The van der Waals surface area contributed by atoms with Crippen molar-refractivity contribution in [1.29, 1.82) is 0 Å². The van der Waals surface area contributed by atoms with Gasteiger partial charge in [0.2, 0.25) is 10.0 Å². The number of nitrogens with two attached hydrogens (primary N) is 1. The van der Waals surface area contributed by atoms with Crippen LogP contribution in [-0.4, -0.2) is 8.42 Å². The Balaban J connectivity index is 2.02. The van der Waals surface area contributed by atoms with Gasteiger partial charge in [-0.1, -0.05) is 28.1 Å². The second-order valence-electron chi connectivity index (χ2n) is 4.05. The number of hydrogen-bond donors (Lipinski definition) is 2. The lowest BCUT2D eigenvalue weighted by Gasteiger charge is -2.07. The topological polar surface area (TPSA) is 72.2 Å². The van der Waals surface area contributed by atoms with Crippen LogP contribution < -0.4 is 10.5 Å². The minimum Gasteiger partial charge on any atom is -0.381 e. The normalized spacial score (nSPS) is 11.3. The molecule has 3 N–H and O–H groups in total. The summed E-state index contributed by atoms with van der Waals surface area (Å²) >= 11 is 3.38. The van der Waals surface area contributed by atoms with Gasteiger partial charge in [-0.15, -0.1) is 0 Å². The Morgan fingerprint density at radius 3 is 2.11 bits per heavy atom. The molecular formula is C13H13BrN2O2S. The zero-order valence-electron chi connectivity index (χ0n) is 10.0. The third-order valence-corrected chi connectivity index (χ3v) is 4.05. The smallest absolute Gasteiger partial charge is 0.238 e. The van der Waals surface area contributed by atoms with Gasteiger partial charge in [0.1, 0.15) is 0 Å². The van der Waals surface area contributed by atoms with Gasteiger partial charge in [0.05, 0.1) is 4.90 Å². The van der Waals surface area contributed by atoms with Crippen molar-refractivity contribution in [2.24, 2.45) is 5.14 Å². The van der Waals surface area contributed by atoms with Crippen molar-refractivity contribution in [2.45, 2.75) is 11.4 Å². The fourth-order valence-electron chi connectivity index (χ4n) is 1.57. The number of hydrogen-bond acceptors (Lipinski definition) is 3. The highest BCUT2D eigenvalue weighted by atomic mass is 79.9. The van der Waals surface area contributed by atoms with E-state index in [1.807, 2.05) is 24.3 Å². The summed E-state index contributed by atoms with van der Waals surface area (Å²) in [5, 5.41) is 8.24. The summed E-state index contributed by atoms with van der Waals surface area (Å²) in [7, 11) is -3.62. The molecule has 2 rings (SSSR count). The van der Waals surface area contributed by atoms with Crippen molar-refractivity contribution in [3.05, 3.63) is 58.6 Å². The highest BCUT2D eigenvalue weighted by Crippen LogP contribution is 2.15. The zero-order chi connectivity index (χ0) is 13.9. The zero-order valence-corrected chi connectivity index (χ0v) is 12.4. The predicted octanol–water partition coefficient (Wildman–Crippen LogP) is 2.71. The lowest BCUT2D eigenvalue weighted by molar-refractivity contribution is 0.598. The molecule has 0 fully saturated rings. The van der Waals surface area contributed by atoms with Gasteiger partial charge in [-0.2, -0.15) is 0 Å². The van der Waals surface area contributed by atoms with Gasteiger partial charge in [-0.3, -0.25) is 0 Å². The molecule has 0 saturated carbocycles. The van der Waals surface area contributed by atoms with Crippen LogP contribution in [0, 0.1) is 0 Å². The molecule has 0 aliphatic rings. The van der Waals surface area contributed by atoms with E-state index in [-0.39, 0.29) is 4.90 Å². The van der Waals surface area contributed by atoms with Crippen LogP contribution in [0.2, 0.25) is 0 Å². The summed E-state index contributed by atoms with van der Waals surface area (Å²) in [5.74, 6) is 0. The number of sulfonamides is 1. The van der Waals surface area contributed by atoms with Crippen LogP contribution in [0.5, 0.6) is 0 Å². The molecule has 0 radical (unpaired) electrons. The molecule has 0 spiro atoms. The third kappa shape index (κ3) is 4.05. The number of rotatable bonds is 4. The Labute approximate surface area is 120 Å². The Kier molecular flexibility index (Phi) is 4.24.